The lowest BCUT2D eigenvalue weighted by Gasteiger charge is -2.32. The molecule has 2 fully saturated rings. The average Bonchev–Trinajstić information content (AvgIpc) is 3.10. The Hall–Kier alpha value is 0.270. The summed E-state index contributed by atoms with van der Waals surface area (Å²) >= 11 is 2.15. The average molecular weight is 228 g/mol. The quantitative estimate of drug-likeness (QED) is 0.780. The first-order valence-corrected chi connectivity index (χ1v) is 7.44. The maximum absolute atomic E-state index is 6.13. The summed E-state index contributed by atoms with van der Waals surface area (Å²) in [6.45, 7) is 6.10. The Morgan fingerprint density at radius 3 is 2.93 bits per heavy atom. The highest BCUT2D eigenvalue weighted by molar-refractivity contribution is 8.00. The molecular formula is C12H24N2S. The van der Waals surface area contributed by atoms with Crippen molar-refractivity contribution in [2.45, 2.75) is 43.9 Å². The van der Waals surface area contributed by atoms with E-state index >= 15 is 0 Å². The largest absolute Gasteiger partial charge is 0.327 e. The van der Waals surface area contributed by atoms with Crippen molar-refractivity contribution in [3.63, 3.8) is 0 Å². The molecule has 15 heavy (non-hydrogen) atoms. The van der Waals surface area contributed by atoms with Crippen LogP contribution in [-0.4, -0.2) is 41.6 Å². The predicted octanol–water partition coefficient (Wildman–Crippen LogP) is 1.94. The third-order valence-electron chi connectivity index (χ3n) is 3.68. The molecule has 1 saturated carbocycles. The Balaban J connectivity index is 1.64. The van der Waals surface area contributed by atoms with E-state index in [-0.39, 0.29) is 0 Å². The molecule has 1 saturated heterocycles. The number of hydrogen-bond donors (Lipinski definition) is 1. The van der Waals surface area contributed by atoms with Crippen LogP contribution in [-0.2, 0) is 0 Å². The summed E-state index contributed by atoms with van der Waals surface area (Å²) < 4.78 is 0. The summed E-state index contributed by atoms with van der Waals surface area (Å²) in [5.41, 5.74) is 6.13. The van der Waals surface area contributed by atoms with E-state index in [1.54, 1.807) is 0 Å². The molecule has 2 N–H and O–H groups in total. The van der Waals surface area contributed by atoms with Crippen molar-refractivity contribution in [1.82, 2.24) is 4.90 Å². The van der Waals surface area contributed by atoms with Gasteiger partial charge in [0, 0.05) is 30.1 Å². The fourth-order valence-corrected chi connectivity index (χ4v) is 3.57. The van der Waals surface area contributed by atoms with Gasteiger partial charge in [-0.1, -0.05) is 6.92 Å². The van der Waals surface area contributed by atoms with Crippen LogP contribution in [0.4, 0.5) is 0 Å². The van der Waals surface area contributed by atoms with Crippen molar-refractivity contribution < 1.29 is 0 Å². The van der Waals surface area contributed by atoms with Gasteiger partial charge in [0.15, 0.2) is 0 Å². The zero-order chi connectivity index (χ0) is 10.7. The molecule has 88 valence electrons. The highest BCUT2D eigenvalue weighted by atomic mass is 32.2. The molecule has 0 radical (unpaired) electrons. The molecule has 2 rings (SSSR count). The van der Waals surface area contributed by atoms with E-state index in [0.717, 1.165) is 11.2 Å². The molecule has 0 aromatic heterocycles. The first kappa shape index (κ1) is 11.7. The van der Waals surface area contributed by atoms with Gasteiger partial charge in [0.25, 0.3) is 0 Å². The van der Waals surface area contributed by atoms with Crippen molar-refractivity contribution in [2.24, 2.45) is 11.7 Å². The highest BCUT2D eigenvalue weighted by Gasteiger charge is 2.28. The van der Waals surface area contributed by atoms with Crippen LogP contribution in [0.3, 0.4) is 0 Å². The molecule has 0 spiro atoms. The second-order valence-electron chi connectivity index (χ2n) is 4.99. The van der Waals surface area contributed by atoms with Crippen LogP contribution >= 0.6 is 11.8 Å². The molecule has 1 heterocycles. The summed E-state index contributed by atoms with van der Waals surface area (Å²) in [4.78, 5) is 2.62. The number of nitrogens with two attached hydrogens (primary N) is 1. The minimum atomic E-state index is 0.486. The molecule has 2 unspecified atom stereocenters. The van der Waals surface area contributed by atoms with Crippen LogP contribution in [0.1, 0.15) is 32.6 Å². The maximum atomic E-state index is 6.13. The lowest BCUT2D eigenvalue weighted by atomic mass is 10.1. The van der Waals surface area contributed by atoms with Gasteiger partial charge in [-0.05, 0) is 38.1 Å². The van der Waals surface area contributed by atoms with Gasteiger partial charge in [0.05, 0.1) is 0 Å². The van der Waals surface area contributed by atoms with Gasteiger partial charge in [-0.25, -0.2) is 0 Å². The van der Waals surface area contributed by atoms with E-state index in [9.17, 15) is 0 Å². The first-order chi connectivity index (χ1) is 7.29. The zero-order valence-corrected chi connectivity index (χ0v) is 10.6. The smallest absolute Gasteiger partial charge is 0.0172 e. The van der Waals surface area contributed by atoms with Crippen LogP contribution in [0.15, 0.2) is 0 Å². The van der Waals surface area contributed by atoms with Gasteiger partial charge in [0.2, 0.25) is 0 Å². The Morgan fingerprint density at radius 1 is 1.47 bits per heavy atom. The summed E-state index contributed by atoms with van der Waals surface area (Å²) in [6.07, 6.45) is 5.30. The number of thioether (sulfide) groups is 1. The molecule has 0 bridgehead atoms. The van der Waals surface area contributed by atoms with Gasteiger partial charge in [-0.2, -0.15) is 11.8 Å². The van der Waals surface area contributed by atoms with E-state index in [1.807, 2.05) is 0 Å². The Kier molecular flexibility index (Phi) is 4.35. The minimum absolute atomic E-state index is 0.486. The molecule has 1 aliphatic heterocycles. The molecular weight excluding hydrogens is 204 g/mol. The van der Waals surface area contributed by atoms with Crippen LogP contribution in [0.2, 0.25) is 0 Å². The van der Waals surface area contributed by atoms with Crippen LogP contribution in [0, 0.1) is 5.92 Å². The predicted molar refractivity (Wildman–Crippen MR) is 68.3 cm³/mol. The fourth-order valence-electron chi connectivity index (χ4n) is 2.32. The normalized spacial score (nSPS) is 30.4. The highest BCUT2D eigenvalue weighted by Crippen LogP contribution is 2.33. The number of rotatable bonds is 5. The van der Waals surface area contributed by atoms with Gasteiger partial charge in [-0.3, -0.25) is 0 Å². The first-order valence-electron chi connectivity index (χ1n) is 6.39. The summed E-state index contributed by atoms with van der Waals surface area (Å²) in [5.74, 6) is 2.18. The van der Waals surface area contributed by atoms with Crippen molar-refractivity contribution in [3.8, 4) is 0 Å². The van der Waals surface area contributed by atoms with E-state index in [1.165, 1.54) is 51.1 Å². The molecule has 0 aromatic rings. The standard InChI is InChI=1S/C12H24N2S/c1-2-11-9-14(7-8-15-11)6-5-12(13)10-3-4-10/h10-12H,2-9,13H2,1H3. The maximum Gasteiger partial charge on any atom is 0.0172 e. The van der Waals surface area contributed by atoms with Gasteiger partial charge < -0.3 is 10.6 Å². The van der Waals surface area contributed by atoms with Crippen LogP contribution in [0.25, 0.3) is 0 Å². The zero-order valence-electron chi connectivity index (χ0n) is 9.82. The van der Waals surface area contributed by atoms with E-state index < -0.39 is 0 Å². The monoisotopic (exact) mass is 228 g/mol. The molecule has 2 aliphatic rings. The van der Waals surface area contributed by atoms with Gasteiger partial charge in [-0.15, -0.1) is 0 Å². The summed E-state index contributed by atoms with van der Waals surface area (Å²) in [7, 11) is 0. The number of nitrogens with zero attached hydrogens (tertiary/aromatic N) is 1. The topological polar surface area (TPSA) is 29.3 Å². The van der Waals surface area contributed by atoms with Gasteiger partial charge in [0.1, 0.15) is 0 Å². The second-order valence-corrected chi connectivity index (χ2v) is 6.40. The summed E-state index contributed by atoms with van der Waals surface area (Å²) in [5, 5.41) is 0.871. The van der Waals surface area contributed by atoms with Crippen molar-refractivity contribution in [3.05, 3.63) is 0 Å². The Bertz CT molecular complexity index is 194. The number of hydrogen-bond acceptors (Lipinski definition) is 3. The van der Waals surface area contributed by atoms with Crippen LogP contribution in [0.5, 0.6) is 0 Å². The van der Waals surface area contributed by atoms with Crippen molar-refractivity contribution in [1.29, 1.82) is 0 Å². The van der Waals surface area contributed by atoms with E-state index in [4.69, 9.17) is 5.73 Å². The lowest BCUT2D eigenvalue weighted by molar-refractivity contribution is 0.266. The molecule has 0 amide bonds. The second kappa shape index (κ2) is 5.55. The fraction of sp³-hybridized carbons (Fsp3) is 1.00. The van der Waals surface area contributed by atoms with Gasteiger partial charge >= 0.3 is 0 Å². The van der Waals surface area contributed by atoms with Crippen molar-refractivity contribution in [2.75, 3.05) is 25.4 Å². The molecule has 3 heteroatoms. The van der Waals surface area contributed by atoms with E-state index in [2.05, 4.69) is 23.6 Å². The Labute approximate surface area is 98.0 Å². The van der Waals surface area contributed by atoms with E-state index in [0.29, 0.717) is 6.04 Å². The molecule has 2 atom stereocenters. The molecule has 1 aliphatic carbocycles. The molecule has 2 nitrogen and oxygen atoms in total. The SMILES string of the molecule is CCC1CN(CCC(N)C2CC2)CCS1. The third kappa shape index (κ3) is 3.65. The molecule has 0 aromatic carbocycles. The third-order valence-corrected chi connectivity index (χ3v) is 5.06. The Morgan fingerprint density at radius 2 is 2.27 bits per heavy atom. The summed E-state index contributed by atoms with van der Waals surface area (Å²) in [6, 6.07) is 0.486. The van der Waals surface area contributed by atoms with Crippen molar-refractivity contribution >= 4 is 11.8 Å². The van der Waals surface area contributed by atoms with Crippen LogP contribution < -0.4 is 5.73 Å². The minimum Gasteiger partial charge on any atom is -0.327 e. The lowest BCUT2D eigenvalue weighted by Crippen LogP contribution is -2.40.